The second-order valence-electron chi connectivity index (χ2n) is 6.73. The van der Waals surface area contributed by atoms with Crippen LogP contribution in [0.4, 0.5) is 8.78 Å². The number of nitrogens with zero attached hydrogens (tertiary/aromatic N) is 1. The first kappa shape index (κ1) is 19.9. The highest BCUT2D eigenvalue weighted by atomic mass is 32.2. The van der Waals surface area contributed by atoms with Gasteiger partial charge in [0.25, 0.3) is 0 Å². The van der Waals surface area contributed by atoms with E-state index < -0.39 is 21.7 Å². The van der Waals surface area contributed by atoms with E-state index in [1.54, 1.807) is 0 Å². The Morgan fingerprint density at radius 3 is 2.52 bits per heavy atom. The van der Waals surface area contributed by atoms with Crippen molar-refractivity contribution in [3.05, 3.63) is 65.7 Å². The van der Waals surface area contributed by atoms with Crippen molar-refractivity contribution in [3.8, 4) is 0 Å². The van der Waals surface area contributed by atoms with Crippen LogP contribution in [0.25, 0.3) is 0 Å². The SMILES string of the molecule is CN(CCCC1CC(c2ccccc2)NN1)S(=O)(=O)c1ccc(F)c(F)c1. The number of rotatable bonds is 7. The molecule has 2 aromatic rings. The fourth-order valence-corrected chi connectivity index (χ4v) is 4.44. The number of nitrogens with one attached hydrogen (secondary N) is 2. The second-order valence-corrected chi connectivity index (χ2v) is 8.77. The summed E-state index contributed by atoms with van der Waals surface area (Å²) in [5.74, 6) is -2.23. The molecule has 27 heavy (non-hydrogen) atoms. The predicted octanol–water partition coefficient (Wildman–Crippen LogP) is 2.97. The van der Waals surface area contributed by atoms with Gasteiger partial charge in [0, 0.05) is 25.7 Å². The average molecular weight is 395 g/mol. The molecular weight excluding hydrogens is 372 g/mol. The molecule has 1 aliphatic heterocycles. The van der Waals surface area contributed by atoms with Crippen LogP contribution in [-0.4, -0.2) is 32.4 Å². The summed E-state index contributed by atoms with van der Waals surface area (Å²) in [7, 11) is -2.39. The third-order valence-electron chi connectivity index (χ3n) is 4.81. The van der Waals surface area contributed by atoms with E-state index in [-0.39, 0.29) is 17.0 Å². The molecule has 2 unspecified atom stereocenters. The summed E-state index contributed by atoms with van der Waals surface area (Å²) < 4.78 is 52.5. The number of hydrogen-bond donors (Lipinski definition) is 2. The molecule has 8 heteroatoms. The number of hydrogen-bond acceptors (Lipinski definition) is 4. The van der Waals surface area contributed by atoms with Crippen molar-refractivity contribution in [2.75, 3.05) is 13.6 Å². The fourth-order valence-electron chi connectivity index (χ4n) is 3.21. The van der Waals surface area contributed by atoms with Crippen LogP contribution < -0.4 is 10.9 Å². The quantitative estimate of drug-likeness (QED) is 0.757. The predicted molar refractivity (Wildman–Crippen MR) is 99.3 cm³/mol. The molecule has 0 bridgehead atoms. The highest BCUT2D eigenvalue weighted by Gasteiger charge is 2.26. The van der Waals surface area contributed by atoms with Gasteiger partial charge in [0.1, 0.15) is 0 Å². The summed E-state index contributed by atoms with van der Waals surface area (Å²) in [5.41, 5.74) is 7.74. The molecule has 2 atom stereocenters. The lowest BCUT2D eigenvalue weighted by Crippen LogP contribution is -2.32. The molecule has 1 heterocycles. The summed E-state index contributed by atoms with van der Waals surface area (Å²) in [6.45, 7) is 0.301. The van der Waals surface area contributed by atoms with E-state index in [0.717, 1.165) is 25.0 Å². The summed E-state index contributed by atoms with van der Waals surface area (Å²) in [4.78, 5) is -0.242. The van der Waals surface area contributed by atoms with Gasteiger partial charge >= 0.3 is 0 Å². The third-order valence-corrected chi connectivity index (χ3v) is 6.66. The normalized spacial score (nSPS) is 20.3. The Hall–Kier alpha value is -1.87. The molecule has 1 saturated heterocycles. The molecule has 5 nitrogen and oxygen atoms in total. The van der Waals surface area contributed by atoms with Crippen molar-refractivity contribution in [1.29, 1.82) is 0 Å². The van der Waals surface area contributed by atoms with Gasteiger partial charge in [-0.15, -0.1) is 0 Å². The van der Waals surface area contributed by atoms with E-state index >= 15 is 0 Å². The first-order chi connectivity index (χ1) is 12.9. The van der Waals surface area contributed by atoms with Crippen LogP contribution in [0, 0.1) is 11.6 Å². The van der Waals surface area contributed by atoms with Crippen LogP contribution in [0.15, 0.2) is 53.4 Å². The zero-order chi connectivity index (χ0) is 19.4. The van der Waals surface area contributed by atoms with Crippen LogP contribution >= 0.6 is 0 Å². The number of halogens is 2. The Morgan fingerprint density at radius 2 is 1.81 bits per heavy atom. The van der Waals surface area contributed by atoms with Gasteiger partial charge in [0.2, 0.25) is 10.0 Å². The minimum atomic E-state index is -3.84. The Balaban J connectivity index is 1.51. The highest BCUT2D eigenvalue weighted by Crippen LogP contribution is 2.24. The number of hydrazine groups is 1. The van der Waals surface area contributed by atoms with E-state index in [4.69, 9.17) is 0 Å². The van der Waals surface area contributed by atoms with Gasteiger partial charge in [-0.3, -0.25) is 10.9 Å². The number of sulfonamides is 1. The lowest BCUT2D eigenvalue weighted by molar-refractivity contribution is 0.427. The minimum Gasteiger partial charge on any atom is -0.254 e. The molecular formula is C19H23F2N3O2S. The molecule has 2 N–H and O–H groups in total. The average Bonchev–Trinajstić information content (AvgIpc) is 3.13. The Kier molecular flexibility index (Phi) is 6.21. The van der Waals surface area contributed by atoms with Gasteiger partial charge < -0.3 is 0 Å². The fraction of sp³-hybridized carbons (Fsp3) is 0.368. The molecule has 2 aromatic carbocycles. The van der Waals surface area contributed by atoms with Crippen molar-refractivity contribution in [1.82, 2.24) is 15.2 Å². The third kappa shape index (κ3) is 4.70. The summed E-state index contributed by atoms with van der Waals surface area (Å²) >= 11 is 0. The summed E-state index contributed by atoms with van der Waals surface area (Å²) in [6, 6.07) is 13.2. The van der Waals surface area contributed by atoms with Crippen LogP contribution in [0.5, 0.6) is 0 Å². The maximum absolute atomic E-state index is 13.3. The van der Waals surface area contributed by atoms with E-state index in [1.165, 1.54) is 16.9 Å². The summed E-state index contributed by atoms with van der Waals surface area (Å²) in [6.07, 6.45) is 2.37. The molecule has 3 rings (SSSR count). The molecule has 146 valence electrons. The van der Waals surface area contributed by atoms with Crippen molar-refractivity contribution >= 4 is 10.0 Å². The first-order valence-corrected chi connectivity index (χ1v) is 10.3. The molecule has 0 aliphatic carbocycles. The lowest BCUT2D eigenvalue weighted by atomic mass is 10.00. The number of benzene rings is 2. The smallest absolute Gasteiger partial charge is 0.242 e. The molecule has 1 fully saturated rings. The monoisotopic (exact) mass is 395 g/mol. The Bertz CT molecular complexity index is 878. The maximum atomic E-state index is 13.3. The van der Waals surface area contributed by atoms with E-state index in [9.17, 15) is 17.2 Å². The van der Waals surface area contributed by atoms with E-state index in [2.05, 4.69) is 23.0 Å². The van der Waals surface area contributed by atoms with E-state index in [1.807, 2.05) is 18.2 Å². The highest BCUT2D eigenvalue weighted by molar-refractivity contribution is 7.89. The standard InChI is InChI=1S/C19H23F2N3O2S/c1-24(27(25,26)16-9-10-17(20)18(21)13-16)11-5-8-15-12-19(23-22-15)14-6-3-2-4-7-14/h2-4,6-7,9-10,13,15,19,22-23H,5,8,11-12H2,1H3. The van der Waals surface area contributed by atoms with Crippen molar-refractivity contribution in [2.24, 2.45) is 0 Å². The lowest BCUT2D eigenvalue weighted by Gasteiger charge is -2.18. The van der Waals surface area contributed by atoms with Crippen molar-refractivity contribution in [3.63, 3.8) is 0 Å². The van der Waals surface area contributed by atoms with Gasteiger partial charge in [0.05, 0.1) is 4.90 Å². The van der Waals surface area contributed by atoms with Gasteiger partial charge in [-0.2, -0.15) is 0 Å². The van der Waals surface area contributed by atoms with Crippen LogP contribution in [0.1, 0.15) is 30.9 Å². The first-order valence-electron chi connectivity index (χ1n) is 8.85. The van der Waals surface area contributed by atoms with Gasteiger partial charge in [0.15, 0.2) is 11.6 Å². The molecule has 1 aliphatic rings. The Morgan fingerprint density at radius 1 is 1.07 bits per heavy atom. The molecule has 0 radical (unpaired) electrons. The zero-order valence-corrected chi connectivity index (χ0v) is 15.8. The van der Waals surface area contributed by atoms with Gasteiger partial charge in [-0.05, 0) is 43.0 Å². The molecule has 0 saturated carbocycles. The van der Waals surface area contributed by atoms with Crippen LogP contribution in [-0.2, 0) is 10.0 Å². The van der Waals surface area contributed by atoms with Crippen LogP contribution in [0.3, 0.4) is 0 Å². The van der Waals surface area contributed by atoms with Crippen molar-refractivity contribution in [2.45, 2.75) is 36.2 Å². The van der Waals surface area contributed by atoms with Crippen molar-refractivity contribution < 1.29 is 17.2 Å². The van der Waals surface area contributed by atoms with Gasteiger partial charge in [-0.1, -0.05) is 30.3 Å². The zero-order valence-electron chi connectivity index (χ0n) is 15.0. The molecule has 0 amide bonds. The molecule has 0 spiro atoms. The largest absolute Gasteiger partial charge is 0.254 e. The van der Waals surface area contributed by atoms with E-state index in [0.29, 0.717) is 19.0 Å². The summed E-state index contributed by atoms with van der Waals surface area (Å²) in [5, 5.41) is 0. The van der Waals surface area contributed by atoms with Gasteiger partial charge in [-0.25, -0.2) is 21.5 Å². The molecule has 0 aromatic heterocycles. The topological polar surface area (TPSA) is 61.4 Å². The van der Waals surface area contributed by atoms with Crippen LogP contribution in [0.2, 0.25) is 0 Å². The maximum Gasteiger partial charge on any atom is 0.242 e. The minimum absolute atomic E-state index is 0.236. The Labute approximate surface area is 158 Å². The second kappa shape index (κ2) is 8.43.